The SMILES string of the molecule is COc1ccc2c(c1)CCCN2C(=O)c1cc(-c2cccc(F)c2)no1. The Morgan fingerprint density at radius 1 is 1.23 bits per heavy atom. The second-order valence-corrected chi connectivity index (χ2v) is 6.14. The molecule has 1 amide bonds. The highest BCUT2D eigenvalue weighted by Crippen LogP contribution is 2.32. The number of fused-ring (bicyclic) bond motifs is 1. The maximum atomic E-state index is 13.4. The Morgan fingerprint density at radius 3 is 2.92 bits per heavy atom. The standard InChI is InChI=1S/C20H17FN2O3/c1-25-16-7-8-18-14(11-16)5-3-9-23(18)20(24)19-12-17(22-26-19)13-4-2-6-15(21)10-13/h2,4,6-8,10-12H,3,5,9H2,1H3. The van der Waals surface area contributed by atoms with E-state index in [1.54, 1.807) is 30.2 Å². The molecule has 0 unspecified atom stereocenters. The van der Waals surface area contributed by atoms with Crippen molar-refractivity contribution in [3.63, 3.8) is 0 Å². The molecule has 0 aliphatic carbocycles. The largest absolute Gasteiger partial charge is 0.497 e. The van der Waals surface area contributed by atoms with E-state index in [0.29, 0.717) is 17.8 Å². The third-order valence-corrected chi connectivity index (χ3v) is 4.49. The lowest BCUT2D eigenvalue weighted by atomic mass is 10.0. The minimum atomic E-state index is -0.364. The minimum Gasteiger partial charge on any atom is -0.497 e. The van der Waals surface area contributed by atoms with Crippen LogP contribution >= 0.6 is 0 Å². The Bertz CT molecular complexity index is 967. The molecule has 0 atom stereocenters. The predicted molar refractivity (Wildman–Crippen MR) is 94.9 cm³/mol. The molecule has 132 valence electrons. The third kappa shape index (κ3) is 2.94. The molecule has 3 aromatic rings. The van der Waals surface area contributed by atoms with Crippen molar-refractivity contribution in [2.75, 3.05) is 18.6 Å². The number of benzene rings is 2. The van der Waals surface area contributed by atoms with Crippen LogP contribution in [0, 0.1) is 5.82 Å². The first kappa shape index (κ1) is 16.3. The van der Waals surface area contributed by atoms with E-state index in [1.165, 1.54) is 12.1 Å². The second-order valence-electron chi connectivity index (χ2n) is 6.14. The van der Waals surface area contributed by atoms with E-state index in [2.05, 4.69) is 5.16 Å². The molecule has 0 saturated heterocycles. The number of anilines is 1. The monoisotopic (exact) mass is 352 g/mol. The molecule has 1 aliphatic heterocycles. The number of halogens is 1. The number of ether oxygens (including phenoxy) is 1. The van der Waals surface area contributed by atoms with Crippen LogP contribution in [-0.2, 0) is 6.42 Å². The van der Waals surface area contributed by atoms with Crippen molar-refractivity contribution in [2.45, 2.75) is 12.8 Å². The van der Waals surface area contributed by atoms with Gasteiger partial charge < -0.3 is 14.2 Å². The molecule has 0 N–H and O–H groups in total. The van der Waals surface area contributed by atoms with Crippen LogP contribution in [-0.4, -0.2) is 24.7 Å². The summed E-state index contributed by atoms with van der Waals surface area (Å²) < 4.78 is 23.9. The molecule has 5 nitrogen and oxygen atoms in total. The maximum Gasteiger partial charge on any atom is 0.296 e. The predicted octanol–water partition coefficient (Wildman–Crippen LogP) is 4.08. The van der Waals surface area contributed by atoms with E-state index in [9.17, 15) is 9.18 Å². The number of amides is 1. The summed E-state index contributed by atoms with van der Waals surface area (Å²) in [6, 6.07) is 13.2. The lowest BCUT2D eigenvalue weighted by Crippen LogP contribution is -2.35. The highest BCUT2D eigenvalue weighted by atomic mass is 19.1. The van der Waals surface area contributed by atoms with Gasteiger partial charge in [0.1, 0.15) is 17.3 Å². The molecular formula is C20H17FN2O3. The Labute approximate surface area is 150 Å². The van der Waals surface area contributed by atoms with Gasteiger partial charge in [0.2, 0.25) is 5.76 Å². The number of hydrogen-bond acceptors (Lipinski definition) is 4. The smallest absolute Gasteiger partial charge is 0.296 e. The molecule has 0 spiro atoms. The molecule has 0 fully saturated rings. The maximum absolute atomic E-state index is 13.4. The summed E-state index contributed by atoms with van der Waals surface area (Å²) in [6.07, 6.45) is 1.75. The van der Waals surface area contributed by atoms with Crippen LogP contribution in [0.25, 0.3) is 11.3 Å². The van der Waals surface area contributed by atoms with Crippen LogP contribution < -0.4 is 9.64 Å². The number of carbonyl (C=O) groups is 1. The van der Waals surface area contributed by atoms with Gasteiger partial charge >= 0.3 is 0 Å². The summed E-state index contributed by atoms with van der Waals surface area (Å²) in [7, 11) is 1.62. The Kier molecular flexibility index (Phi) is 4.16. The minimum absolute atomic E-state index is 0.132. The second kappa shape index (κ2) is 6.63. The first-order valence-electron chi connectivity index (χ1n) is 8.37. The molecule has 26 heavy (non-hydrogen) atoms. The van der Waals surface area contributed by atoms with Gasteiger partial charge in [0, 0.05) is 23.9 Å². The quantitative estimate of drug-likeness (QED) is 0.713. The van der Waals surface area contributed by atoms with Crippen LogP contribution in [0.3, 0.4) is 0 Å². The Balaban J connectivity index is 1.63. The molecule has 0 saturated carbocycles. The van der Waals surface area contributed by atoms with Gasteiger partial charge in [0.15, 0.2) is 0 Å². The molecule has 0 radical (unpaired) electrons. The van der Waals surface area contributed by atoms with Gasteiger partial charge in [-0.05, 0) is 48.7 Å². The van der Waals surface area contributed by atoms with Gasteiger partial charge in [-0.3, -0.25) is 4.79 Å². The van der Waals surface area contributed by atoms with Crippen molar-refractivity contribution >= 4 is 11.6 Å². The molecule has 2 heterocycles. The zero-order chi connectivity index (χ0) is 18.1. The fourth-order valence-corrected chi connectivity index (χ4v) is 3.20. The number of aromatic nitrogens is 1. The third-order valence-electron chi connectivity index (χ3n) is 4.49. The van der Waals surface area contributed by atoms with Crippen LogP contribution in [0.2, 0.25) is 0 Å². The van der Waals surface area contributed by atoms with E-state index in [1.807, 2.05) is 18.2 Å². The number of hydrogen-bond donors (Lipinski definition) is 0. The first-order chi connectivity index (χ1) is 12.7. The van der Waals surface area contributed by atoms with Crippen molar-refractivity contribution in [3.8, 4) is 17.0 Å². The molecule has 2 aromatic carbocycles. The van der Waals surface area contributed by atoms with Crippen molar-refractivity contribution in [1.82, 2.24) is 5.16 Å². The summed E-state index contributed by atoms with van der Waals surface area (Å²) in [5.74, 6) is 0.280. The normalized spacial score (nSPS) is 13.4. The van der Waals surface area contributed by atoms with Crippen molar-refractivity contribution in [1.29, 1.82) is 0 Å². The van der Waals surface area contributed by atoms with Gasteiger partial charge in [-0.2, -0.15) is 0 Å². The van der Waals surface area contributed by atoms with Gasteiger partial charge in [-0.25, -0.2) is 4.39 Å². The van der Waals surface area contributed by atoms with Crippen LogP contribution in [0.1, 0.15) is 22.5 Å². The van der Waals surface area contributed by atoms with E-state index in [0.717, 1.165) is 29.8 Å². The van der Waals surface area contributed by atoms with Gasteiger partial charge in [-0.15, -0.1) is 0 Å². The topological polar surface area (TPSA) is 55.6 Å². The van der Waals surface area contributed by atoms with Crippen LogP contribution in [0.5, 0.6) is 5.75 Å². The summed E-state index contributed by atoms with van der Waals surface area (Å²) in [6.45, 7) is 0.605. The average Bonchev–Trinajstić information content (AvgIpc) is 3.16. The Morgan fingerprint density at radius 2 is 2.12 bits per heavy atom. The Hall–Kier alpha value is -3.15. The summed E-state index contributed by atoms with van der Waals surface area (Å²) in [4.78, 5) is 14.6. The van der Waals surface area contributed by atoms with Gasteiger partial charge in [0.25, 0.3) is 5.91 Å². The zero-order valence-electron chi connectivity index (χ0n) is 14.2. The first-order valence-corrected chi connectivity index (χ1v) is 8.37. The number of methoxy groups -OCH3 is 1. The highest BCUT2D eigenvalue weighted by molar-refractivity contribution is 6.05. The number of nitrogens with zero attached hydrogens (tertiary/aromatic N) is 2. The number of carbonyl (C=O) groups excluding carboxylic acids is 1. The van der Waals surface area contributed by atoms with Crippen LogP contribution in [0.15, 0.2) is 53.1 Å². The molecule has 4 rings (SSSR count). The zero-order valence-corrected chi connectivity index (χ0v) is 14.2. The number of rotatable bonds is 3. The fourth-order valence-electron chi connectivity index (χ4n) is 3.20. The van der Waals surface area contributed by atoms with Crippen LogP contribution in [0.4, 0.5) is 10.1 Å². The average molecular weight is 352 g/mol. The molecule has 1 aliphatic rings. The fraction of sp³-hybridized carbons (Fsp3) is 0.200. The highest BCUT2D eigenvalue weighted by Gasteiger charge is 2.27. The van der Waals surface area contributed by atoms with Crippen molar-refractivity contribution < 1.29 is 18.4 Å². The van der Waals surface area contributed by atoms with Gasteiger partial charge in [-0.1, -0.05) is 17.3 Å². The van der Waals surface area contributed by atoms with E-state index in [-0.39, 0.29) is 17.5 Å². The number of aryl methyl sites for hydroxylation is 1. The molecule has 6 heteroatoms. The lowest BCUT2D eigenvalue weighted by Gasteiger charge is -2.28. The molecule has 0 bridgehead atoms. The molecule has 1 aromatic heterocycles. The van der Waals surface area contributed by atoms with Gasteiger partial charge in [0.05, 0.1) is 7.11 Å². The lowest BCUT2D eigenvalue weighted by molar-refractivity contribution is 0.0949. The summed E-state index contributed by atoms with van der Waals surface area (Å²) in [5.41, 5.74) is 2.91. The summed E-state index contributed by atoms with van der Waals surface area (Å²) in [5, 5.41) is 3.92. The van der Waals surface area contributed by atoms with E-state index in [4.69, 9.17) is 9.26 Å². The van der Waals surface area contributed by atoms with Crippen molar-refractivity contribution in [3.05, 3.63) is 65.7 Å². The van der Waals surface area contributed by atoms with Crippen molar-refractivity contribution in [2.24, 2.45) is 0 Å². The molecular weight excluding hydrogens is 335 g/mol. The van der Waals surface area contributed by atoms with E-state index >= 15 is 0 Å². The summed E-state index contributed by atoms with van der Waals surface area (Å²) >= 11 is 0. The van der Waals surface area contributed by atoms with E-state index < -0.39 is 0 Å².